The Hall–Kier alpha value is -2.21. The average Bonchev–Trinajstić information content (AvgIpc) is 3.55. The molecule has 11 heteroatoms. The summed E-state index contributed by atoms with van der Waals surface area (Å²) < 4.78 is 57.2. The maximum Gasteiger partial charge on any atom is 0.245 e. The first-order valence-electron chi connectivity index (χ1n) is 11.3. The molecule has 0 saturated carbocycles. The number of rotatable bonds is 8. The van der Waals surface area contributed by atoms with Crippen LogP contribution in [0.25, 0.3) is 0 Å². The predicted molar refractivity (Wildman–Crippen MR) is 125 cm³/mol. The van der Waals surface area contributed by atoms with Gasteiger partial charge in [-0.1, -0.05) is 19.1 Å². The van der Waals surface area contributed by atoms with E-state index >= 15 is 0 Å². The van der Waals surface area contributed by atoms with Crippen molar-refractivity contribution in [2.75, 3.05) is 31.5 Å². The number of hydrogen-bond donors (Lipinski definition) is 1. The minimum Gasteiger partial charge on any atom is -0.342 e. The van der Waals surface area contributed by atoms with Gasteiger partial charge in [0.25, 0.3) is 0 Å². The van der Waals surface area contributed by atoms with Gasteiger partial charge in [0.2, 0.25) is 26.0 Å². The van der Waals surface area contributed by atoms with Crippen molar-refractivity contribution >= 4 is 31.6 Å². The molecule has 2 fully saturated rings. The molecule has 3 heterocycles. The van der Waals surface area contributed by atoms with E-state index in [0.29, 0.717) is 31.9 Å². The molecule has 2 aliphatic rings. The quantitative estimate of drug-likeness (QED) is 0.606. The fourth-order valence-corrected chi connectivity index (χ4v) is 8.13. The molecule has 2 aromatic rings. The summed E-state index contributed by atoms with van der Waals surface area (Å²) in [6, 6.07) is 7.47. The number of aromatic nitrogens is 1. The molecule has 33 heavy (non-hydrogen) atoms. The van der Waals surface area contributed by atoms with Crippen LogP contribution in [0, 0.1) is 0 Å². The molecule has 1 aromatic carbocycles. The van der Waals surface area contributed by atoms with Crippen molar-refractivity contribution in [2.45, 2.75) is 55.4 Å². The fraction of sp³-hybridized carbons (Fsp3) is 0.500. The highest BCUT2D eigenvalue weighted by Gasteiger charge is 2.38. The van der Waals surface area contributed by atoms with Crippen LogP contribution < -0.4 is 5.32 Å². The first kappa shape index (κ1) is 23.9. The van der Waals surface area contributed by atoms with Crippen LogP contribution in [0.4, 0.5) is 5.69 Å². The molecule has 180 valence electrons. The van der Waals surface area contributed by atoms with Crippen LogP contribution in [0.15, 0.2) is 46.5 Å². The van der Waals surface area contributed by atoms with E-state index in [9.17, 15) is 21.6 Å². The van der Waals surface area contributed by atoms with Gasteiger partial charge in [0.05, 0.1) is 0 Å². The molecule has 4 rings (SSSR count). The standard InChI is InChI=1S/C22H30N4O5S2/c1-2-18-8-7-9-19(14-18)23-22(27)17-24-15-20(32(28,29)25-10-3-4-11-25)21(16-24)33(30,31)26-12-5-6-13-26/h7-9,14-16H,2-6,10-13,17H2,1H3,(H,23,27). The van der Waals surface area contributed by atoms with Crippen LogP contribution in [0.3, 0.4) is 0 Å². The molecule has 1 aromatic heterocycles. The van der Waals surface area contributed by atoms with Gasteiger partial charge in [-0.15, -0.1) is 0 Å². The summed E-state index contributed by atoms with van der Waals surface area (Å²) in [4.78, 5) is 12.2. The molecule has 0 radical (unpaired) electrons. The molecule has 9 nitrogen and oxygen atoms in total. The summed E-state index contributed by atoms with van der Waals surface area (Å²) in [5.74, 6) is -0.367. The van der Waals surface area contributed by atoms with Crippen LogP contribution >= 0.6 is 0 Å². The van der Waals surface area contributed by atoms with Crippen molar-refractivity contribution in [3.8, 4) is 0 Å². The molecule has 0 unspecified atom stereocenters. The molecule has 0 bridgehead atoms. The summed E-state index contributed by atoms with van der Waals surface area (Å²) in [5.41, 5.74) is 1.72. The zero-order valence-electron chi connectivity index (χ0n) is 18.7. The second-order valence-electron chi connectivity index (χ2n) is 8.48. The number of amides is 1. The lowest BCUT2D eigenvalue weighted by molar-refractivity contribution is -0.116. The lowest BCUT2D eigenvalue weighted by Crippen LogP contribution is -2.32. The van der Waals surface area contributed by atoms with Crippen LogP contribution in [0.5, 0.6) is 0 Å². The minimum atomic E-state index is -3.99. The van der Waals surface area contributed by atoms with Crippen LogP contribution in [-0.2, 0) is 37.8 Å². The predicted octanol–water partition coefficient (Wildman–Crippen LogP) is 2.26. The SMILES string of the molecule is CCc1cccc(NC(=O)Cn2cc(S(=O)(=O)N3CCCC3)c(S(=O)(=O)N3CCCC3)c2)c1. The minimum absolute atomic E-state index is 0.200. The van der Waals surface area contributed by atoms with Gasteiger partial charge in [-0.25, -0.2) is 16.8 Å². The average molecular weight is 495 g/mol. The Morgan fingerprint density at radius 3 is 1.88 bits per heavy atom. The van der Waals surface area contributed by atoms with Gasteiger partial charge in [-0.3, -0.25) is 4.79 Å². The highest BCUT2D eigenvalue weighted by molar-refractivity contribution is 7.92. The molecule has 1 N–H and O–H groups in total. The van der Waals surface area contributed by atoms with Crippen molar-refractivity contribution in [3.05, 3.63) is 42.2 Å². The number of hydrogen-bond acceptors (Lipinski definition) is 5. The van der Waals surface area contributed by atoms with Crippen LogP contribution in [0.1, 0.15) is 38.2 Å². The number of benzene rings is 1. The Balaban J connectivity index is 1.65. The van der Waals surface area contributed by atoms with Gasteiger partial charge in [0, 0.05) is 44.3 Å². The summed E-state index contributed by atoms with van der Waals surface area (Å²) in [6.45, 7) is 3.28. The van der Waals surface area contributed by atoms with Gasteiger partial charge >= 0.3 is 0 Å². The van der Waals surface area contributed by atoms with E-state index in [1.807, 2.05) is 25.1 Å². The zero-order chi connectivity index (χ0) is 23.6. The van der Waals surface area contributed by atoms with Gasteiger partial charge in [-0.2, -0.15) is 8.61 Å². The number of carbonyl (C=O) groups excluding carboxylic acids is 1. The van der Waals surface area contributed by atoms with E-state index in [1.165, 1.54) is 25.6 Å². The van der Waals surface area contributed by atoms with Gasteiger partial charge in [0.15, 0.2) is 0 Å². The Morgan fingerprint density at radius 1 is 0.879 bits per heavy atom. The second kappa shape index (κ2) is 9.57. The highest BCUT2D eigenvalue weighted by Crippen LogP contribution is 2.31. The molecule has 0 aliphatic carbocycles. The Morgan fingerprint density at radius 2 is 1.39 bits per heavy atom. The van der Waals surface area contributed by atoms with E-state index in [0.717, 1.165) is 37.7 Å². The zero-order valence-corrected chi connectivity index (χ0v) is 20.4. The van der Waals surface area contributed by atoms with Gasteiger partial charge in [0.1, 0.15) is 16.3 Å². The molecule has 2 aliphatic heterocycles. The summed E-state index contributed by atoms with van der Waals surface area (Å²) in [5, 5.41) is 2.80. The summed E-state index contributed by atoms with van der Waals surface area (Å²) in [6.07, 6.45) is 6.36. The van der Waals surface area contributed by atoms with Gasteiger partial charge < -0.3 is 9.88 Å². The first-order valence-corrected chi connectivity index (χ1v) is 14.2. The van der Waals surface area contributed by atoms with E-state index in [4.69, 9.17) is 0 Å². The van der Waals surface area contributed by atoms with Crippen molar-refractivity contribution in [3.63, 3.8) is 0 Å². The summed E-state index contributed by atoms with van der Waals surface area (Å²) in [7, 11) is -7.98. The molecule has 1 amide bonds. The Labute approximate surface area is 195 Å². The number of nitrogens with zero attached hydrogens (tertiary/aromatic N) is 3. The molecular formula is C22H30N4O5S2. The number of sulfonamides is 2. The maximum absolute atomic E-state index is 13.3. The van der Waals surface area contributed by atoms with Crippen LogP contribution in [0.2, 0.25) is 0 Å². The third kappa shape index (κ3) is 5.01. The fourth-order valence-electron chi connectivity index (χ4n) is 4.31. The normalized spacial score (nSPS) is 18.1. The number of nitrogens with one attached hydrogen (secondary N) is 1. The lowest BCUT2D eigenvalue weighted by atomic mass is 10.1. The molecule has 0 spiro atoms. The molecule has 2 saturated heterocycles. The van der Waals surface area contributed by atoms with Crippen LogP contribution in [-0.4, -0.2) is 62.1 Å². The van der Waals surface area contributed by atoms with Crippen molar-refractivity contribution in [1.29, 1.82) is 0 Å². The van der Waals surface area contributed by atoms with Gasteiger partial charge in [-0.05, 0) is 49.8 Å². The van der Waals surface area contributed by atoms with E-state index in [2.05, 4.69) is 5.32 Å². The van der Waals surface area contributed by atoms with Crippen molar-refractivity contribution in [2.24, 2.45) is 0 Å². The van der Waals surface area contributed by atoms with Crippen molar-refractivity contribution < 1.29 is 21.6 Å². The third-order valence-corrected chi connectivity index (χ3v) is 10.1. The smallest absolute Gasteiger partial charge is 0.245 e. The van der Waals surface area contributed by atoms with E-state index in [-0.39, 0.29) is 22.2 Å². The Kier molecular flexibility index (Phi) is 6.94. The maximum atomic E-state index is 13.3. The Bertz CT molecular complexity index is 1160. The largest absolute Gasteiger partial charge is 0.342 e. The van der Waals surface area contributed by atoms with E-state index in [1.54, 1.807) is 6.07 Å². The lowest BCUT2D eigenvalue weighted by Gasteiger charge is -2.18. The molecule has 0 atom stereocenters. The summed E-state index contributed by atoms with van der Waals surface area (Å²) >= 11 is 0. The topological polar surface area (TPSA) is 109 Å². The third-order valence-electron chi connectivity index (χ3n) is 6.12. The number of carbonyl (C=O) groups is 1. The van der Waals surface area contributed by atoms with Crippen molar-refractivity contribution in [1.82, 2.24) is 13.2 Å². The second-order valence-corrected chi connectivity index (χ2v) is 12.3. The first-order chi connectivity index (χ1) is 15.7. The number of anilines is 1. The monoisotopic (exact) mass is 494 g/mol. The highest BCUT2D eigenvalue weighted by atomic mass is 32.2. The molecular weight excluding hydrogens is 464 g/mol. The van der Waals surface area contributed by atoms with E-state index < -0.39 is 20.0 Å². The number of aryl methyl sites for hydroxylation is 1.